The van der Waals surface area contributed by atoms with Gasteiger partial charge in [-0.1, -0.05) is 12.2 Å². The first-order chi connectivity index (χ1) is 10.9. The molecule has 1 amide bonds. The van der Waals surface area contributed by atoms with Crippen LogP contribution in [0.5, 0.6) is 0 Å². The number of hydrogen-bond donors (Lipinski definition) is 2. The summed E-state index contributed by atoms with van der Waals surface area (Å²) in [5, 5.41) is 2.57. The second-order valence-electron chi connectivity index (χ2n) is 4.66. The summed E-state index contributed by atoms with van der Waals surface area (Å²) in [4.78, 5) is 21.7. The second-order valence-corrected chi connectivity index (χ2v) is 6.86. The minimum absolute atomic E-state index is 0.0574. The molecule has 2 heterocycles. The highest BCUT2D eigenvalue weighted by Crippen LogP contribution is 2.20. The predicted octanol–water partition coefficient (Wildman–Crippen LogP) is 1.68. The van der Waals surface area contributed by atoms with Crippen molar-refractivity contribution in [1.29, 1.82) is 0 Å². The van der Waals surface area contributed by atoms with Crippen LogP contribution in [0.4, 0.5) is 5.69 Å². The monoisotopic (exact) mass is 349 g/mol. The topological polar surface area (TPSA) is 110 Å². The SMILES string of the molecule is CC(=O)Nc1ccc(S(=O)(=O)n2cnc3c(=S)nc[nH]c32)cc1. The van der Waals surface area contributed by atoms with Crippen molar-refractivity contribution in [2.75, 3.05) is 5.32 Å². The number of hydrogen-bond acceptors (Lipinski definition) is 6. The number of carbonyl (C=O) groups is 1. The van der Waals surface area contributed by atoms with Crippen molar-refractivity contribution in [3.05, 3.63) is 41.6 Å². The Morgan fingerprint density at radius 2 is 1.96 bits per heavy atom. The molecule has 118 valence electrons. The largest absolute Gasteiger partial charge is 0.330 e. The molecule has 0 atom stereocenters. The minimum Gasteiger partial charge on any atom is -0.330 e. The number of nitrogens with zero attached hydrogens (tertiary/aromatic N) is 3. The summed E-state index contributed by atoms with van der Waals surface area (Å²) in [5.74, 6) is -0.235. The van der Waals surface area contributed by atoms with Gasteiger partial charge in [-0.2, -0.15) is 0 Å². The van der Waals surface area contributed by atoms with E-state index >= 15 is 0 Å². The molecule has 0 fully saturated rings. The zero-order valence-electron chi connectivity index (χ0n) is 11.8. The summed E-state index contributed by atoms with van der Waals surface area (Å²) >= 11 is 5.02. The first kappa shape index (κ1) is 15.3. The fraction of sp³-hybridized carbons (Fsp3) is 0.0769. The van der Waals surface area contributed by atoms with E-state index in [0.717, 1.165) is 3.97 Å². The molecular weight excluding hydrogens is 338 g/mol. The van der Waals surface area contributed by atoms with Crippen molar-refractivity contribution in [1.82, 2.24) is 18.9 Å². The third-order valence-corrected chi connectivity index (χ3v) is 5.01. The van der Waals surface area contributed by atoms with Gasteiger partial charge in [-0.3, -0.25) is 4.79 Å². The number of carbonyl (C=O) groups excluding carboxylic acids is 1. The Bertz CT molecular complexity index is 1050. The molecule has 2 aromatic heterocycles. The zero-order valence-corrected chi connectivity index (χ0v) is 13.5. The smallest absolute Gasteiger partial charge is 0.270 e. The van der Waals surface area contributed by atoms with Gasteiger partial charge in [0.15, 0.2) is 10.3 Å². The molecule has 23 heavy (non-hydrogen) atoms. The average Bonchev–Trinajstić information content (AvgIpc) is 2.93. The lowest BCUT2D eigenvalue weighted by atomic mass is 10.3. The van der Waals surface area contributed by atoms with E-state index in [-0.39, 0.29) is 21.1 Å². The highest BCUT2D eigenvalue weighted by Gasteiger charge is 2.20. The molecule has 1 aromatic carbocycles. The van der Waals surface area contributed by atoms with Crippen molar-refractivity contribution in [2.45, 2.75) is 11.8 Å². The minimum atomic E-state index is -3.85. The standard InChI is InChI=1S/C13H11N5O3S2/c1-8(19)17-9-2-4-10(5-3-9)23(20,21)18-7-16-11-12(18)14-6-15-13(11)22/h2-7H,1H3,(H,17,19)(H,14,15,22). The quantitative estimate of drug-likeness (QED) is 0.696. The molecular formula is C13H11N5O3S2. The Morgan fingerprint density at radius 1 is 1.26 bits per heavy atom. The summed E-state index contributed by atoms with van der Waals surface area (Å²) in [7, 11) is -3.85. The summed E-state index contributed by atoms with van der Waals surface area (Å²) in [6.07, 6.45) is 2.49. The molecule has 2 N–H and O–H groups in total. The van der Waals surface area contributed by atoms with Crippen LogP contribution in [0, 0.1) is 4.64 Å². The predicted molar refractivity (Wildman–Crippen MR) is 86.0 cm³/mol. The van der Waals surface area contributed by atoms with E-state index in [1.807, 2.05) is 0 Å². The van der Waals surface area contributed by atoms with Crippen LogP contribution in [0.25, 0.3) is 11.2 Å². The fourth-order valence-corrected chi connectivity index (χ4v) is 3.50. The van der Waals surface area contributed by atoms with E-state index in [0.29, 0.717) is 11.2 Å². The molecule has 0 radical (unpaired) electrons. The number of fused-ring (bicyclic) bond motifs is 1. The molecule has 0 aliphatic rings. The summed E-state index contributed by atoms with van der Waals surface area (Å²) in [6, 6.07) is 5.83. The van der Waals surface area contributed by atoms with Crippen LogP contribution >= 0.6 is 12.2 Å². The van der Waals surface area contributed by atoms with Gasteiger partial charge < -0.3 is 10.3 Å². The van der Waals surface area contributed by atoms with Gasteiger partial charge in [-0.15, -0.1) is 0 Å². The van der Waals surface area contributed by atoms with Crippen molar-refractivity contribution in [3.8, 4) is 0 Å². The lowest BCUT2D eigenvalue weighted by molar-refractivity contribution is -0.114. The molecule has 0 spiro atoms. The third kappa shape index (κ3) is 2.73. The maximum Gasteiger partial charge on any atom is 0.270 e. The van der Waals surface area contributed by atoms with Gasteiger partial charge in [0.25, 0.3) is 10.0 Å². The fourth-order valence-electron chi connectivity index (χ4n) is 2.04. The number of nitrogens with one attached hydrogen (secondary N) is 2. The van der Waals surface area contributed by atoms with Crippen molar-refractivity contribution in [3.63, 3.8) is 0 Å². The normalized spacial score (nSPS) is 11.5. The molecule has 0 aliphatic heterocycles. The van der Waals surface area contributed by atoms with Gasteiger partial charge in [0, 0.05) is 12.6 Å². The number of amides is 1. The average molecular weight is 349 g/mol. The molecule has 3 rings (SSSR count). The highest BCUT2D eigenvalue weighted by atomic mass is 32.2. The van der Waals surface area contributed by atoms with Crippen LogP contribution in [-0.2, 0) is 14.8 Å². The first-order valence-electron chi connectivity index (χ1n) is 6.43. The van der Waals surface area contributed by atoms with E-state index in [1.54, 1.807) is 0 Å². The van der Waals surface area contributed by atoms with Gasteiger partial charge in [0.05, 0.1) is 11.2 Å². The highest BCUT2D eigenvalue weighted by molar-refractivity contribution is 7.90. The Kier molecular flexibility index (Phi) is 3.70. The van der Waals surface area contributed by atoms with Crippen LogP contribution in [0.3, 0.4) is 0 Å². The molecule has 0 aliphatic carbocycles. The van der Waals surface area contributed by atoms with Crippen LogP contribution in [0.2, 0.25) is 0 Å². The molecule has 0 saturated carbocycles. The van der Waals surface area contributed by atoms with Gasteiger partial charge in [0.1, 0.15) is 11.8 Å². The number of aromatic amines is 1. The van der Waals surface area contributed by atoms with Crippen LogP contribution < -0.4 is 5.32 Å². The number of H-pyrrole nitrogens is 1. The summed E-state index contributed by atoms with van der Waals surface area (Å²) in [5.41, 5.74) is 1.06. The Balaban J connectivity index is 2.08. The Morgan fingerprint density at radius 3 is 2.61 bits per heavy atom. The number of aromatic nitrogens is 4. The van der Waals surface area contributed by atoms with Gasteiger partial charge in [0.2, 0.25) is 5.91 Å². The summed E-state index contributed by atoms with van der Waals surface area (Å²) in [6.45, 7) is 1.37. The Labute approximate surface area is 136 Å². The van der Waals surface area contributed by atoms with E-state index in [1.165, 1.54) is 43.8 Å². The van der Waals surface area contributed by atoms with E-state index in [9.17, 15) is 13.2 Å². The van der Waals surface area contributed by atoms with Gasteiger partial charge in [-0.25, -0.2) is 22.4 Å². The van der Waals surface area contributed by atoms with Crippen LogP contribution in [0.15, 0.2) is 41.8 Å². The molecule has 0 saturated heterocycles. The third-order valence-electron chi connectivity index (χ3n) is 3.05. The molecule has 0 unspecified atom stereocenters. The molecule has 3 aromatic rings. The molecule has 8 nitrogen and oxygen atoms in total. The zero-order chi connectivity index (χ0) is 16.6. The first-order valence-corrected chi connectivity index (χ1v) is 8.28. The maximum atomic E-state index is 12.7. The molecule has 10 heteroatoms. The van der Waals surface area contributed by atoms with Crippen molar-refractivity contribution >= 4 is 45.0 Å². The van der Waals surface area contributed by atoms with Gasteiger partial charge >= 0.3 is 0 Å². The number of benzene rings is 1. The summed E-state index contributed by atoms with van der Waals surface area (Å²) < 4.78 is 26.7. The van der Waals surface area contributed by atoms with E-state index in [4.69, 9.17) is 12.2 Å². The Hall–Kier alpha value is -2.59. The lowest BCUT2D eigenvalue weighted by Crippen LogP contribution is -2.13. The second kappa shape index (κ2) is 5.56. The maximum absolute atomic E-state index is 12.7. The molecule has 0 bridgehead atoms. The van der Waals surface area contributed by atoms with E-state index < -0.39 is 10.0 Å². The number of imidazole rings is 1. The van der Waals surface area contributed by atoms with Crippen molar-refractivity contribution < 1.29 is 13.2 Å². The van der Waals surface area contributed by atoms with Crippen LogP contribution in [0.1, 0.15) is 6.92 Å². The van der Waals surface area contributed by atoms with Crippen LogP contribution in [-0.4, -0.2) is 33.2 Å². The van der Waals surface area contributed by atoms with Crippen molar-refractivity contribution in [2.24, 2.45) is 0 Å². The number of rotatable bonds is 3. The van der Waals surface area contributed by atoms with E-state index in [2.05, 4.69) is 20.3 Å². The van der Waals surface area contributed by atoms with Gasteiger partial charge in [-0.05, 0) is 24.3 Å². The number of anilines is 1. The lowest BCUT2D eigenvalue weighted by Gasteiger charge is -2.07.